The summed E-state index contributed by atoms with van der Waals surface area (Å²) in [6.07, 6.45) is 1.67. The lowest BCUT2D eigenvalue weighted by Gasteiger charge is -2.22. The molecule has 3 N–H and O–H groups in total. The molecule has 1 aromatic rings. The van der Waals surface area contributed by atoms with E-state index >= 15 is 0 Å². The summed E-state index contributed by atoms with van der Waals surface area (Å²) in [4.78, 5) is 0. The molecule has 0 aliphatic heterocycles. The molecule has 0 saturated carbocycles. The first-order valence-corrected chi connectivity index (χ1v) is 6.14. The number of amidine groups is 1. The minimum absolute atomic E-state index is 0.262. The van der Waals surface area contributed by atoms with Crippen molar-refractivity contribution in [2.24, 2.45) is 16.3 Å². The molecular weight excluding hydrogens is 228 g/mol. The van der Waals surface area contributed by atoms with Gasteiger partial charge in [0.15, 0.2) is 0 Å². The fourth-order valence-corrected chi connectivity index (χ4v) is 1.68. The van der Waals surface area contributed by atoms with Gasteiger partial charge in [-0.3, -0.25) is 0 Å². The first-order chi connectivity index (χ1) is 8.47. The van der Waals surface area contributed by atoms with E-state index in [9.17, 15) is 0 Å². The summed E-state index contributed by atoms with van der Waals surface area (Å²) in [5.74, 6) is 1.18. The molecule has 0 fully saturated rings. The Morgan fingerprint density at radius 2 is 2.06 bits per heavy atom. The topological polar surface area (TPSA) is 67.8 Å². The van der Waals surface area contributed by atoms with Crippen LogP contribution >= 0.6 is 0 Å². The van der Waals surface area contributed by atoms with Gasteiger partial charge in [-0.2, -0.15) is 0 Å². The van der Waals surface area contributed by atoms with Crippen LogP contribution in [0, 0.1) is 12.3 Å². The van der Waals surface area contributed by atoms with E-state index < -0.39 is 0 Å². The first kappa shape index (κ1) is 14.4. The Labute approximate surface area is 108 Å². The number of nitrogens with zero attached hydrogens (tertiary/aromatic N) is 1. The van der Waals surface area contributed by atoms with Gasteiger partial charge >= 0.3 is 0 Å². The molecule has 0 saturated heterocycles. The van der Waals surface area contributed by atoms with Crippen LogP contribution in [0.5, 0.6) is 5.75 Å². The predicted molar refractivity (Wildman–Crippen MR) is 73.1 cm³/mol. The van der Waals surface area contributed by atoms with Crippen molar-refractivity contribution in [1.82, 2.24) is 0 Å². The number of hydrogen-bond acceptors (Lipinski definition) is 3. The molecule has 0 atom stereocenters. The fourth-order valence-electron chi connectivity index (χ4n) is 1.68. The highest BCUT2D eigenvalue weighted by atomic mass is 16.5. The second kappa shape index (κ2) is 6.28. The summed E-state index contributed by atoms with van der Waals surface area (Å²) >= 11 is 0. The van der Waals surface area contributed by atoms with Gasteiger partial charge in [-0.05, 0) is 31.4 Å². The van der Waals surface area contributed by atoms with Crippen LogP contribution in [0.2, 0.25) is 0 Å². The summed E-state index contributed by atoms with van der Waals surface area (Å²) in [5, 5.41) is 11.7. The molecule has 0 radical (unpaired) electrons. The summed E-state index contributed by atoms with van der Waals surface area (Å²) in [6.45, 7) is 6.56. The molecule has 0 bridgehead atoms. The molecular formula is C14H22N2O2. The Kier molecular flexibility index (Phi) is 5.01. The monoisotopic (exact) mass is 250 g/mol. The molecule has 100 valence electrons. The Balaban J connectivity index is 2.38. The summed E-state index contributed by atoms with van der Waals surface area (Å²) in [7, 11) is 0. The molecule has 1 aromatic carbocycles. The maximum absolute atomic E-state index is 8.67. The quantitative estimate of drug-likeness (QED) is 0.268. The minimum Gasteiger partial charge on any atom is -0.493 e. The summed E-state index contributed by atoms with van der Waals surface area (Å²) < 4.78 is 5.70. The van der Waals surface area contributed by atoms with Gasteiger partial charge in [0, 0.05) is 5.41 Å². The van der Waals surface area contributed by atoms with Gasteiger partial charge in [-0.15, -0.1) is 0 Å². The lowest BCUT2D eigenvalue weighted by molar-refractivity contribution is 0.276. The third-order valence-electron chi connectivity index (χ3n) is 3.10. The van der Waals surface area contributed by atoms with Crippen molar-refractivity contribution in [2.45, 2.75) is 33.6 Å². The average molecular weight is 250 g/mol. The molecule has 18 heavy (non-hydrogen) atoms. The van der Waals surface area contributed by atoms with Crippen LogP contribution in [0.1, 0.15) is 32.3 Å². The van der Waals surface area contributed by atoms with Crippen LogP contribution in [0.15, 0.2) is 29.4 Å². The number of hydrogen-bond donors (Lipinski definition) is 2. The van der Waals surface area contributed by atoms with Crippen LogP contribution in [-0.2, 0) is 0 Å². The zero-order valence-corrected chi connectivity index (χ0v) is 11.3. The van der Waals surface area contributed by atoms with Crippen molar-refractivity contribution < 1.29 is 9.94 Å². The van der Waals surface area contributed by atoms with Gasteiger partial charge in [-0.25, -0.2) is 0 Å². The van der Waals surface area contributed by atoms with Crippen LogP contribution in [0.25, 0.3) is 0 Å². The second-order valence-electron chi connectivity index (χ2n) is 5.09. The largest absolute Gasteiger partial charge is 0.493 e. The summed E-state index contributed by atoms with van der Waals surface area (Å²) in [5.41, 5.74) is 6.46. The van der Waals surface area contributed by atoms with Gasteiger partial charge in [0.2, 0.25) is 0 Å². The van der Waals surface area contributed by atoms with Gasteiger partial charge in [0.25, 0.3) is 0 Å². The van der Waals surface area contributed by atoms with E-state index in [2.05, 4.69) is 5.16 Å². The van der Waals surface area contributed by atoms with E-state index in [0.717, 1.165) is 24.2 Å². The van der Waals surface area contributed by atoms with Crippen molar-refractivity contribution in [3.05, 3.63) is 29.8 Å². The molecule has 4 nitrogen and oxygen atoms in total. The summed E-state index contributed by atoms with van der Waals surface area (Å²) in [6, 6.07) is 7.94. The number of aryl methyl sites for hydroxylation is 1. The average Bonchev–Trinajstić information content (AvgIpc) is 2.35. The molecule has 0 aliphatic rings. The molecule has 0 unspecified atom stereocenters. The molecule has 1 rings (SSSR count). The van der Waals surface area contributed by atoms with Crippen molar-refractivity contribution >= 4 is 5.84 Å². The van der Waals surface area contributed by atoms with Crippen LogP contribution < -0.4 is 10.5 Å². The molecule has 0 aromatic heterocycles. The second-order valence-corrected chi connectivity index (χ2v) is 5.09. The van der Waals surface area contributed by atoms with Crippen LogP contribution in [-0.4, -0.2) is 17.6 Å². The SMILES string of the molecule is Cc1ccccc1OCCCC(C)(C)C(N)=NO. The third kappa shape index (κ3) is 3.95. The smallest absolute Gasteiger partial charge is 0.144 e. The Bertz CT molecular complexity index is 414. The number of ether oxygens (including phenoxy) is 1. The van der Waals surface area contributed by atoms with E-state index in [1.807, 2.05) is 45.0 Å². The van der Waals surface area contributed by atoms with E-state index in [0.29, 0.717) is 6.61 Å². The standard InChI is InChI=1S/C14H22N2O2/c1-11-7-4-5-8-12(11)18-10-6-9-14(2,3)13(15)16-17/h4-5,7-8,17H,6,9-10H2,1-3H3,(H2,15,16). The maximum atomic E-state index is 8.67. The van der Waals surface area contributed by atoms with Crippen LogP contribution in [0.3, 0.4) is 0 Å². The third-order valence-corrected chi connectivity index (χ3v) is 3.10. The van der Waals surface area contributed by atoms with Gasteiger partial charge in [0.1, 0.15) is 11.6 Å². The van der Waals surface area contributed by atoms with E-state index in [1.54, 1.807) is 0 Å². The molecule has 4 heteroatoms. The Hall–Kier alpha value is -1.71. The zero-order valence-electron chi connectivity index (χ0n) is 11.3. The predicted octanol–water partition coefficient (Wildman–Crippen LogP) is 2.93. The van der Waals surface area contributed by atoms with Crippen molar-refractivity contribution in [3.63, 3.8) is 0 Å². The molecule has 0 spiro atoms. The number of benzene rings is 1. The first-order valence-electron chi connectivity index (χ1n) is 6.14. The Morgan fingerprint density at radius 1 is 1.39 bits per heavy atom. The van der Waals surface area contributed by atoms with E-state index in [1.165, 1.54) is 0 Å². The maximum Gasteiger partial charge on any atom is 0.144 e. The van der Waals surface area contributed by atoms with Crippen molar-refractivity contribution in [1.29, 1.82) is 0 Å². The highest BCUT2D eigenvalue weighted by Crippen LogP contribution is 2.23. The van der Waals surface area contributed by atoms with Gasteiger partial charge in [0.05, 0.1) is 6.61 Å². The lowest BCUT2D eigenvalue weighted by Crippen LogP contribution is -2.32. The zero-order chi connectivity index (χ0) is 13.6. The molecule has 0 aliphatic carbocycles. The minimum atomic E-state index is -0.302. The number of rotatable bonds is 6. The van der Waals surface area contributed by atoms with Gasteiger partial charge in [-0.1, -0.05) is 37.2 Å². The molecule has 0 heterocycles. The highest BCUT2D eigenvalue weighted by Gasteiger charge is 2.22. The van der Waals surface area contributed by atoms with E-state index in [4.69, 9.17) is 15.7 Å². The Morgan fingerprint density at radius 3 is 2.67 bits per heavy atom. The highest BCUT2D eigenvalue weighted by molar-refractivity contribution is 5.85. The number of oxime groups is 1. The van der Waals surface area contributed by atoms with Crippen molar-refractivity contribution in [2.75, 3.05) is 6.61 Å². The lowest BCUT2D eigenvalue weighted by atomic mass is 9.87. The van der Waals surface area contributed by atoms with Gasteiger partial charge < -0.3 is 15.7 Å². The van der Waals surface area contributed by atoms with Crippen LogP contribution in [0.4, 0.5) is 0 Å². The normalized spacial score (nSPS) is 12.5. The van der Waals surface area contributed by atoms with Crippen molar-refractivity contribution in [3.8, 4) is 5.75 Å². The molecule has 0 amide bonds. The number of nitrogens with two attached hydrogens (primary N) is 1. The fraction of sp³-hybridized carbons (Fsp3) is 0.500. The number of para-hydroxylation sites is 1. The van der Waals surface area contributed by atoms with E-state index in [-0.39, 0.29) is 11.3 Å².